The molecule has 1 N–H and O–H groups in total. The summed E-state index contributed by atoms with van der Waals surface area (Å²) in [6, 6.07) is 24.2. The fraction of sp³-hybridized carbons (Fsp3) is 0.105. The minimum atomic E-state index is -0.0380. The number of nitrogens with one attached hydrogen (secondary N) is 1. The molecule has 0 unspecified atom stereocenters. The Labute approximate surface area is 134 Å². The van der Waals surface area contributed by atoms with E-state index < -0.39 is 0 Å². The summed E-state index contributed by atoms with van der Waals surface area (Å²) >= 11 is 1.62. The lowest BCUT2D eigenvalue weighted by atomic mass is 10.1. The molecule has 0 aliphatic heterocycles. The van der Waals surface area contributed by atoms with Crippen molar-refractivity contribution in [3.8, 4) is 0 Å². The number of rotatable bonds is 5. The van der Waals surface area contributed by atoms with Gasteiger partial charge in [0.05, 0.1) is 0 Å². The van der Waals surface area contributed by atoms with Crippen LogP contribution >= 0.6 is 11.8 Å². The molecule has 0 spiro atoms. The Morgan fingerprint density at radius 1 is 0.773 bits per heavy atom. The van der Waals surface area contributed by atoms with Crippen molar-refractivity contribution >= 4 is 11.8 Å². The van der Waals surface area contributed by atoms with E-state index in [2.05, 4.69) is 35.3 Å². The zero-order valence-electron chi connectivity index (χ0n) is 12.2. The summed E-state index contributed by atoms with van der Waals surface area (Å²) in [5.41, 5.74) is 2.23. The number of aromatic amines is 1. The number of pyridine rings is 1. The number of H-pyrrole nitrogens is 1. The Morgan fingerprint density at radius 2 is 1.45 bits per heavy atom. The molecule has 22 heavy (non-hydrogen) atoms. The SMILES string of the molecule is O=c1cc(Sc2ccccc2)cc(CCc2ccccc2)[nH]1. The minimum absolute atomic E-state index is 0.0380. The highest BCUT2D eigenvalue weighted by molar-refractivity contribution is 7.99. The molecule has 0 saturated carbocycles. The molecule has 0 atom stereocenters. The van der Waals surface area contributed by atoms with Gasteiger partial charge in [-0.05, 0) is 36.6 Å². The fourth-order valence-corrected chi connectivity index (χ4v) is 3.25. The van der Waals surface area contributed by atoms with Crippen molar-refractivity contribution in [3.05, 3.63) is 94.4 Å². The average Bonchev–Trinajstić information content (AvgIpc) is 2.54. The van der Waals surface area contributed by atoms with E-state index >= 15 is 0 Å². The molecule has 0 radical (unpaired) electrons. The number of hydrogen-bond acceptors (Lipinski definition) is 2. The Kier molecular flexibility index (Phi) is 4.76. The van der Waals surface area contributed by atoms with Gasteiger partial charge >= 0.3 is 0 Å². The van der Waals surface area contributed by atoms with Crippen LogP contribution in [-0.4, -0.2) is 4.98 Å². The first-order valence-electron chi connectivity index (χ1n) is 7.30. The van der Waals surface area contributed by atoms with Gasteiger partial charge < -0.3 is 4.98 Å². The minimum Gasteiger partial charge on any atom is -0.326 e. The summed E-state index contributed by atoms with van der Waals surface area (Å²) < 4.78 is 0. The summed E-state index contributed by atoms with van der Waals surface area (Å²) in [6.07, 6.45) is 1.76. The third kappa shape index (κ3) is 4.12. The van der Waals surface area contributed by atoms with Gasteiger partial charge in [0.2, 0.25) is 5.56 Å². The van der Waals surface area contributed by atoms with Crippen LogP contribution in [0.3, 0.4) is 0 Å². The Bertz CT molecular complexity index is 781. The highest BCUT2D eigenvalue weighted by Crippen LogP contribution is 2.26. The van der Waals surface area contributed by atoms with Crippen LogP contribution in [0.5, 0.6) is 0 Å². The highest BCUT2D eigenvalue weighted by atomic mass is 32.2. The molecule has 1 heterocycles. The lowest BCUT2D eigenvalue weighted by molar-refractivity contribution is 0.895. The number of aryl methyl sites for hydroxylation is 2. The van der Waals surface area contributed by atoms with Crippen molar-refractivity contribution in [1.82, 2.24) is 4.98 Å². The van der Waals surface area contributed by atoms with E-state index in [1.165, 1.54) is 5.56 Å². The van der Waals surface area contributed by atoms with Gasteiger partial charge in [-0.1, -0.05) is 60.3 Å². The normalized spacial score (nSPS) is 10.5. The van der Waals surface area contributed by atoms with Crippen LogP contribution in [-0.2, 0) is 12.8 Å². The topological polar surface area (TPSA) is 32.9 Å². The van der Waals surface area contributed by atoms with E-state index in [-0.39, 0.29) is 5.56 Å². The molecular weight excluding hydrogens is 290 g/mol. The molecule has 0 aliphatic rings. The molecule has 3 heteroatoms. The van der Waals surface area contributed by atoms with Gasteiger partial charge in [0.1, 0.15) is 0 Å². The number of hydrogen-bond donors (Lipinski definition) is 1. The Hall–Kier alpha value is -2.26. The smallest absolute Gasteiger partial charge is 0.249 e. The summed E-state index contributed by atoms with van der Waals surface area (Å²) in [6.45, 7) is 0. The van der Waals surface area contributed by atoms with E-state index in [0.717, 1.165) is 28.3 Å². The van der Waals surface area contributed by atoms with Gasteiger partial charge in [0.25, 0.3) is 0 Å². The Balaban J connectivity index is 1.74. The number of aromatic nitrogens is 1. The van der Waals surface area contributed by atoms with Crippen LogP contribution in [0, 0.1) is 0 Å². The lowest BCUT2D eigenvalue weighted by Crippen LogP contribution is -2.08. The van der Waals surface area contributed by atoms with Crippen LogP contribution in [0.2, 0.25) is 0 Å². The van der Waals surface area contributed by atoms with Gasteiger partial charge in [-0.25, -0.2) is 0 Å². The standard InChI is InChI=1S/C19H17NOS/c21-19-14-18(22-17-9-5-2-6-10-17)13-16(20-19)12-11-15-7-3-1-4-8-15/h1-10,13-14H,11-12H2,(H,20,21). The lowest BCUT2D eigenvalue weighted by Gasteiger charge is -2.05. The predicted molar refractivity (Wildman–Crippen MR) is 91.5 cm³/mol. The van der Waals surface area contributed by atoms with Crippen LogP contribution in [0.15, 0.2) is 87.4 Å². The maximum Gasteiger partial charge on any atom is 0.249 e. The quantitative estimate of drug-likeness (QED) is 0.762. The maximum atomic E-state index is 11.8. The van der Waals surface area contributed by atoms with Gasteiger partial charge in [-0.2, -0.15) is 0 Å². The summed E-state index contributed by atoms with van der Waals surface area (Å²) in [5, 5.41) is 0. The van der Waals surface area contributed by atoms with Crippen molar-refractivity contribution in [1.29, 1.82) is 0 Å². The third-order valence-electron chi connectivity index (χ3n) is 3.38. The highest BCUT2D eigenvalue weighted by Gasteiger charge is 2.02. The summed E-state index contributed by atoms with van der Waals surface area (Å²) in [4.78, 5) is 16.9. The van der Waals surface area contributed by atoms with Crippen molar-refractivity contribution in [2.45, 2.75) is 22.6 Å². The predicted octanol–water partition coefficient (Wildman–Crippen LogP) is 4.31. The Morgan fingerprint density at radius 3 is 2.18 bits per heavy atom. The van der Waals surface area contributed by atoms with Crippen molar-refractivity contribution in [3.63, 3.8) is 0 Å². The molecular formula is C19H17NOS. The molecule has 0 bridgehead atoms. The first-order valence-corrected chi connectivity index (χ1v) is 8.11. The van der Waals surface area contributed by atoms with Crippen LogP contribution < -0.4 is 5.56 Å². The van der Waals surface area contributed by atoms with E-state index in [1.807, 2.05) is 36.4 Å². The average molecular weight is 307 g/mol. The van der Waals surface area contributed by atoms with Gasteiger partial charge in [0, 0.05) is 21.6 Å². The van der Waals surface area contributed by atoms with E-state index in [0.29, 0.717) is 0 Å². The van der Waals surface area contributed by atoms with Crippen molar-refractivity contribution in [2.75, 3.05) is 0 Å². The molecule has 0 saturated heterocycles. The molecule has 0 fully saturated rings. The molecule has 0 aliphatic carbocycles. The van der Waals surface area contributed by atoms with E-state index in [4.69, 9.17) is 0 Å². The monoisotopic (exact) mass is 307 g/mol. The van der Waals surface area contributed by atoms with Crippen LogP contribution in [0.4, 0.5) is 0 Å². The molecule has 2 nitrogen and oxygen atoms in total. The van der Waals surface area contributed by atoms with Gasteiger partial charge in [0.15, 0.2) is 0 Å². The van der Waals surface area contributed by atoms with Gasteiger partial charge in [-0.15, -0.1) is 0 Å². The second-order valence-corrected chi connectivity index (χ2v) is 6.25. The van der Waals surface area contributed by atoms with Gasteiger partial charge in [-0.3, -0.25) is 4.79 Å². The van der Waals surface area contributed by atoms with Crippen LogP contribution in [0.1, 0.15) is 11.3 Å². The molecule has 110 valence electrons. The van der Waals surface area contributed by atoms with Crippen molar-refractivity contribution in [2.24, 2.45) is 0 Å². The first kappa shape index (κ1) is 14.7. The summed E-state index contributed by atoms with van der Waals surface area (Å²) in [7, 11) is 0. The maximum absolute atomic E-state index is 11.8. The van der Waals surface area contributed by atoms with Crippen molar-refractivity contribution < 1.29 is 0 Å². The van der Waals surface area contributed by atoms with E-state index in [9.17, 15) is 4.79 Å². The zero-order valence-corrected chi connectivity index (χ0v) is 13.0. The third-order valence-corrected chi connectivity index (χ3v) is 4.36. The van der Waals surface area contributed by atoms with E-state index in [1.54, 1.807) is 17.8 Å². The molecule has 0 amide bonds. The zero-order chi connectivity index (χ0) is 15.2. The fourth-order valence-electron chi connectivity index (χ4n) is 2.31. The second-order valence-electron chi connectivity index (χ2n) is 5.11. The van der Waals surface area contributed by atoms with Crippen LogP contribution in [0.25, 0.3) is 0 Å². The largest absolute Gasteiger partial charge is 0.326 e. The second kappa shape index (κ2) is 7.14. The molecule has 3 aromatic rings. The molecule has 1 aromatic heterocycles. The summed E-state index contributed by atoms with van der Waals surface area (Å²) in [5.74, 6) is 0. The molecule has 3 rings (SSSR count). The first-order chi connectivity index (χ1) is 10.8. The molecule has 2 aromatic carbocycles. The number of benzene rings is 2.